The van der Waals surface area contributed by atoms with E-state index in [1.165, 1.54) is 18.2 Å². The van der Waals surface area contributed by atoms with Gasteiger partial charge in [0.05, 0.1) is 13.5 Å². The lowest BCUT2D eigenvalue weighted by Gasteiger charge is -2.02. The Bertz CT molecular complexity index is 352. The maximum atomic E-state index is 10.9. The van der Waals surface area contributed by atoms with E-state index in [1.54, 1.807) is 0 Å². The Morgan fingerprint density at radius 3 is 2.62 bits per heavy atom. The summed E-state index contributed by atoms with van der Waals surface area (Å²) in [5.74, 6) is -0.181. The van der Waals surface area contributed by atoms with Crippen molar-refractivity contribution in [2.24, 2.45) is 0 Å². The minimum atomic E-state index is -0.181. The summed E-state index contributed by atoms with van der Waals surface area (Å²) in [7, 11) is 1.41. The lowest BCUT2D eigenvalue weighted by molar-refractivity contribution is -0.139. The largest absolute Gasteiger partial charge is 0.469 e. The molecule has 0 spiro atoms. The van der Waals surface area contributed by atoms with Gasteiger partial charge in [-0.15, -0.1) is 0 Å². The highest BCUT2D eigenvalue weighted by Gasteiger charge is 1.98. The van der Waals surface area contributed by atoms with Gasteiger partial charge in [0, 0.05) is 0 Å². The lowest BCUT2D eigenvalue weighted by Crippen LogP contribution is -1.97. The number of carbonyl (C=O) groups is 1. The molecule has 0 aliphatic carbocycles. The Kier molecular flexibility index (Phi) is 5.34. The molecule has 0 aromatic heterocycles. The van der Waals surface area contributed by atoms with Crippen LogP contribution in [0.4, 0.5) is 0 Å². The van der Waals surface area contributed by atoms with Crippen LogP contribution >= 0.6 is 0 Å². The molecule has 1 rings (SSSR count). The van der Waals surface area contributed by atoms with Crippen molar-refractivity contribution in [2.75, 3.05) is 7.11 Å². The van der Waals surface area contributed by atoms with Gasteiger partial charge in [0.15, 0.2) is 0 Å². The third-order valence-electron chi connectivity index (χ3n) is 2.50. The van der Waals surface area contributed by atoms with E-state index >= 15 is 0 Å². The monoisotopic (exact) mass is 218 g/mol. The highest BCUT2D eigenvalue weighted by atomic mass is 16.5. The fraction of sp³-hybridized carbons (Fsp3) is 0.357. The summed E-state index contributed by atoms with van der Waals surface area (Å²) in [6, 6.07) is 10.3. The highest BCUT2D eigenvalue weighted by molar-refractivity contribution is 5.71. The summed E-state index contributed by atoms with van der Waals surface area (Å²) in [6.45, 7) is 2.05. The topological polar surface area (TPSA) is 26.3 Å². The van der Waals surface area contributed by atoms with E-state index in [0.29, 0.717) is 6.42 Å². The fourth-order valence-electron chi connectivity index (χ4n) is 1.43. The second kappa shape index (κ2) is 6.83. The normalized spacial score (nSPS) is 11.2. The van der Waals surface area contributed by atoms with E-state index < -0.39 is 0 Å². The van der Waals surface area contributed by atoms with E-state index in [2.05, 4.69) is 16.9 Å². The zero-order chi connectivity index (χ0) is 11.8. The number of esters is 1. The molecule has 0 atom stereocenters. The number of benzene rings is 1. The van der Waals surface area contributed by atoms with Crippen LogP contribution in [0.25, 0.3) is 0 Å². The predicted octanol–water partition coefficient (Wildman–Crippen LogP) is 3.13. The smallest absolute Gasteiger partial charge is 0.309 e. The summed E-state index contributed by atoms with van der Waals surface area (Å²) in [5.41, 5.74) is 2.56. The first-order valence-electron chi connectivity index (χ1n) is 5.48. The van der Waals surface area contributed by atoms with Crippen molar-refractivity contribution in [3.63, 3.8) is 0 Å². The molecule has 0 saturated carbocycles. The summed E-state index contributed by atoms with van der Waals surface area (Å²) < 4.78 is 4.58. The molecule has 0 aliphatic heterocycles. The van der Waals surface area contributed by atoms with Gasteiger partial charge in [0.2, 0.25) is 0 Å². The van der Waals surface area contributed by atoms with Crippen molar-refractivity contribution in [2.45, 2.75) is 26.2 Å². The Balaban J connectivity index is 2.35. The molecule has 0 bridgehead atoms. The molecular weight excluding hydrogens is 200 g/mol. The molecule has 0 aliphatic rings. The molecule has 0 heterocycles. The minimum Gasteiger partial charge on any atom is -0.469 e. The number of ether oxygens (including phenoxy) is 1. The molecule has 0 N–H and O–H groups in total. The van der Waals surface area contributed by atoms with E-state index in [0.717, 1.165) is 12.8 Å². The number of aryl methyl sites for hydroxylation is 1. The van der Waals surface area contributed by atoms with Gasteiger partial charge < -0.3 is 4.74 Å². The van der Waals surface area contributed by atoms with Gasteiger partial charge in [0.1, 0.15) is 0 Å². The summed E-state index contributed by atoms with van der Waals surface area (Å²) in [4.78, 5) is 10.9. The van der Waals surface area contributed by atoms with Crippen LogP contribution in [0.1, 0.15) is 25.3 Å². The minimum absolute atomic E-state index is 0.181. The van der Waals surface area contributed by atoms with Gasteiger partial charge in [-0.2, -0.15) is 0 Å². The Morgan fingerprint density at radius 2 is 2.00 bits per heavy atom. The Labute approximate surface area is 96.9 Å². The van der Waals surface area contributed by atoms with E-state index in [4.69, 9.17) is 0 Å². The van der Waals surface area contributed by atoms with Crippen LogP contribution in [0.2, 0.25) is 0 Å². The fourth-order valence-corrected chi connectivity index (χ4v) is 1.43. The molecule has 1 aromatic carbocycles. The van der Waals surface area contributed by atoms with Crippen LogP contribution in [-0.4, -0.2) is 13.1 Å². The van der Waals surface area contributed by atoms with Crippen molar-refractivity contribution in [3.05, 3.63) is 47.5 Å². The van der Waals surface area contributed by atoms with Crippen LogP contribution < -0.4 is 0 Å². The number of carbonyl (C=O) groups excluding carboxylic acids is 1. The zero-order valence-electron chi connectivity index (χ0n) is 9.90. The van der Waals surface area contributed by atoms with Gasteiger partial charge >= 0.3 is 5.97 Å². The molecule has 0 unspecified atom stereocenters. The third kappa shape index (κ3) is 4.78. The average molecular weight is 218 g/mol. The number of allylic oxidation sites excluding steroid dienone is 1. The maximum Gasteiger partial charge on any atom is 0.309 e. The van der Waals surface area contributed by atoms with Crippen LogP contribution in [0, 0.1) is 0 Å². The molecule has 0 radical (unpaired) electrons. The maximum absolute atomic E-state index is 10.9. The third-order valence-corrected chi connectivity index (χ3v) is 2.50. The first-order valence-corrected chi connectivity index (χ1v) is 5.48. The molecule has 2 heteroatoms. The second-order valence-electron chi connectivity index (χ2n) is 3.82. The number of hydrogen-bond acceptors (Lipinski definition) is 2. The second-order valence-corrected chi connectivity index (χ2v) is 3.82. The molecule has 16 heavy (non-hydrogen) atoms. The molecule has 0 saturated heterocycles. The molecular formula is C14H18O2. The van der Waals surface area contributed by atoms with Gasteiger partial charge in [-0.1, -0.05) is 42.0 Å². The highest BCUT2D eigenvalue weighted by Crippen LogP contribution is 2.09. The van der Waals surface area contributed by atoms with E-state index in [-0.39, 0.29) is 5.97 Å². The summed E-state index contributed by atoms with van der Waals surface area (Å²) in [6.07, 6.45) is 4.32. The number of rotatable bonds is 5. The first kappa shape index (κ1) is 12.5. The quantitative estimate of drug-likeness (QED) is 0.560. The van der Waals surface area contributed by atoms with Gasteiger partial charge in [-0.3, -0.25) is 4.79 Å². The molecule has 0 fully saturated rings. The first-order chi connectivity index (χ1) is 7.72. The average Bonchev–Trinajstić information content (AvgIpc) is 2.34. The van der Waals surface area contributed by atoms with Gasteiger partial charge in [-0.25, -0.2) is 0 Å². The predicted molar refractivity (Wildman–Crippen MR) is 65.2 cm³/mol. The zero-order valence-corrected chi connectivity index (χ0v) is 9.90. The van der Waals surface area contributed by atoms with Gasteiger partial charge in [0.25, 0.3) is 0 Å². The molecule has 0 amide bonds. The summed E-state index contributed by atoms with van der Waals surface area (Å²) >= 11 is 0. The van der Waals surface area contributed by atoms with E-state index in [1.807, 2.05) is 31.2 Å². The van der Waals surface area contributed by atoms with E-state index in [9.17, 15) is 4.79 Å². The van der Waals surface area contributed by atoms with Crippen molar-refractivity contribution in [3.8, 4) is 0 Å². The van der Waals surface area contributed by atoms with Crippen molar-refractivity contribution >= 4 is 5.97 Å². The van der Waals surface area contributed by atoms with Crippen LogP contribution in [-0.2, 0) is 16.0 Å². The lowest BCUT2D eigenvalue weighted by atomic mass is 10.1. The standard InChI is InChI=1S/C14H18O2/c1-12(9-11-14(15)16-2)8-10-13-6-4-3-5-7-13/h3-7,9H,8,10-11H2,1-2H3/b12-9+. The van der Waals surface area contributed by atoms with Crippen LogP contribution in [0.15, 0.2) is 42.0 Å². The summed E-state index contributed by atoms with van der Waals surface area (Å²) in [5, 5.41) is 0. The van der Waals surface area contributed by atoms with Crippen molar-refractivity contribution in [1.82, 2.24) is 0 Å². The van der Waals surface area contributed by atoms with Gasteiger partial charge in [-0.05, 0) is 25.3 Å². The Morgan fingerprint density at radius 1 is 1.31 bits per heavy atom. The van der Waals surface area contributed by atoms with Crippen molar-refractivity contribution in [1.29, 1.82) is 0 Å². The van der Waals surface area contributed by atoms with Crippen LogP contribution in [0.5, 0.6) is 0 Å². The van der Waals surface area contributed by atoms with Crippen LogP contribution in [0.3, 0.4) is 0 Å². The Hall–Kier alpha value is -1.57. The number of methoxy groups -OCH3 is 1. The number of hydrogen-bond donors (Lipinski definition) is 0. The SMILES string of the molecule is COC(=O)C/C=C(\C)CCc1ccccc1. The molecule has 2 nitrogen and oxygen atoms in total. The van der Waals surface area contributed by atoms with Crippen molar-refractivity contribution < 1.29 is 9.53 Å². The molecule has 86 valence electrons. The molecule has 1 aromatic rings.